The van der Waals surface area contributed by atoms with Gasteiger partial charge >= 0.3 is 6.03 Å². The summed E-state index contributed by atoms with van der Waals surface area (Å²) in [4.78, 5) is 18.1. The Morgan fingerprint density at radius 2 is 2.00 bits per heavy atom. The average Bonchev–Trinajstić information content (AvgIpc) is 2.62. The lowest BCUT2D eigenvalue weighted by molar-refractivity contribution is 0.0453. The van der Waals surface area contributed by atoms with Crippen molar-refractivity contribution in [3.8, 4) is 0 Å². The highest BCUT2D eigenvalue weighted by molar-refractivity contribution is 5.89. The molecule has 1 aromatic carbocycles. The normalized spacial score (nSPS) is 10.5. The summed E-state index contributed by atoms with van der Waals surface area (Å²) in [5.74, 6) is 0. The number of benzene rings is 1. The molecule has 0 aliphatic rings. The molecule has 0 aliphatic heterocycles. The number of hydrogen-bond donors (Lipinski definition) is 1. The molecule has 6 heteroatoms. The van der Waals surface area contributed by atoms with E-state index in [4.69, 9.17) is 9.47 Å². The van der Waals surface area contributed by atoms with E-state index in [9.17, 15) is 4.79 Å². The fraction of sp³-hybridized carbons (Fsp3) is 0.368. The maximum absolute atomic E-state index is 12.3. The Hall–Kier alpha value is -2.44. The van der Waals surface area contributed by atoms with Crippen LogP contribution >= 0.6 is 0 Å². The van der Waals surface area contributed by atoms with Crippen molar-refractivity contribution in [3.05, 3.63) is 59.9 Å². The molecule has 0 spiro atoms. The molecular weight excluding hydrogens is 318 g/mol. The molecule has 0 saturated heterocycles. The quantitative estimate of drug-likeness (QED) is 0.710. The third kappa shape index (κ3) is 6.91. The van der Waals surface area contributed by atoms with Crippen LogP contribution in [-0.2, 0) is 22.6 Å². The van der Waals surface area contributed by atoms with E-state index in [-0.39, 0.29) is 6.03 Å². The van der Waals surface area contributed by atoms with Crippen molar-refractivity contribution in [2.45, 2.75) is 20.1 Å². The van der Waals surface area contributed by atoms with Crippen LogP contribution in [-0.4, -0.2) is 42.8 Å². The van der Waals surface area contributed by atoms with Gasteiger partial charge in [-0.3, -0.25) is 4.98 Å². The predicted octanol–water partition coefficient (Wildman–Crippen LogP) is 3.30. The largest absolute Gasteiger partial charge is 0.379 e. The summed E-state index contributed by atoms with van der Waals surface area (Å²) in [5, 5.41) is 2.89. The van der Waals surface area contributed by atoms with E-state index in [1.807, 2.05) is 49.4 Å². The maximum atomic E-state index is 12.3. The number of amides is 2. The molecule has 1 aromatic heterocycles. The molecule has 0 bridgehead atoms. The number of hydrogen-bond acceptors (Lipinski definition) is 4. The number of nitrogens with one attached hydrogen (secondary N) is 1. The predicted molar refractivity (Wildman–Crippen MR) is 97.3 cm³/mol. The minimum absolute atomic E-state index is 0.180. The molecule has 25 heavy (non-hydrogen) atoms. The van der Waals surface area contributed by atoms with Gasteiger partial charge in [0.2, 0.25) is 0 Å². The number of pyridine rings is 1. The van der Waals surface area contributed by atoms with Gasteiger partial charge in [0.15, 0.2) is 0 Å². The first-order chi connectivity index (χ1) is 12.2. The zero-order chi connectivity index (χ0) is 17.9. The van der Waals surface area contributed by atoms with Gasteiger partial charge in [0, 0.05) is 25.5 Å². The number of aromatic nitrogens is 1. The lowest BCUT2D eigenvalue weighted by Gasteiger charge is -2.18. The van der Waals surface area contributed by atoms with Crippen LogP contribution in [0.3, 0.4) is 0 Å². The lowest BCUT2D eigenvalue weighted by atomic mass is 10.2. The molecule has 2 amide bonds. The van der Waals surface area contributed by atoms with Gasteiger partial charge in [-0.25, -0.2) is 4.79 Å². The van der Waals surface area contributed by atoms with Crippen molar-refractivity contribution in [2.24, 2.45) is 0 Å². The summed E-state index contributed by atoms with van der Waals surface area (Å²) in [6, 6.07) is 13.1. The van der Waals surface area contributed by atoms with Crippen molar-refractivity contribution in [1.82, 2.24) is 9.88 Å². The number of urea groups is 1. The Morgan fingerprint density at radius 3 is 2.76 bits per heavy atom. The molecule has 134 valence electrons. The van der Waals surface area contributed by atoms with E-state index in [0.717, 1.165) is 16.9 Å². The van der Waals surface area contributed by atoms with E-state index in [2.05, 4.69) is 10.3 Å². The first kappa shape index (κ1) is 18.9. The molecular formula is C19H25N3O3. The molecule has 2 aromatic rings. The van der Waals surface area contributed by atoms with Crippen molar-refractivity contribution in [2.75, 3.05) is 32.2 Å². The summed E-state index contributed by atoms with van der Waals surface area (Å²) in [6.45, 7) is 4.73. The van der Waals surface area contributed by atoms with Gasteiger partial charge < -0.3 is 19.7 Å². The maximum Gasteiger partial charge on any atom is 0.321 e. The van der Waals surface area contributed by atoms with Crippen LogP contribution in [0, 0.1) is 0 Å². The highest BCUT2D eigenvalue weighted by atomic mass is 16.5. The van der Waals surface area contributed by atoms with Crippen molar-refractivity contribution >= 4 is 11.7 Å². The molecule has 0 saturated carbocycles. The van der Waals surface area contributed by atoms with Crippen LogP contribution in [0.15, 0.2) is 48.7 Å². The van der Waals surface area contributed by atoms with Gasteiger partial charge in [0.1, 0.15) is 0 Å². The van der Waals surface area contributed by atoms with Crippen molar-refractivity contribution < 1.29 is 14.3 Å². The highest BCUT2D eigenvalue weighted by Gasteiger charge is 2.10. The molecule has 0 fully saturated rings. The van der Waals surface area contributed by atoms with E-state index in [1.165, 1.54) is 0 Å². The zero-order valence-electron chi connectivity index (χ0n) is 14.8. The molecule has 1 heterocycles. The monoisotopic (exact) mass is 343 g/mol. The fourth-order valence-electron chi connectivity index (χ4n) is 2.22. The summed E-state index contributed by atoms with van der Waals surface area (Å²) in [5.41, 5.74) is 2.59. The number of rotatable bonds is 9. The summed E-state index contributed by atoms with van der Waals surface area (Å²) < 4.78 is 10.8. The van der Waals surface area contributed by atoms with Gasteiger partial charge in [-0.1, -0.05) is 18.2 Å². The van der Waals surface area contributed by atoms with E-state index in [1.54, 1.807) is 18.1 Å². The molecule has 1 N–H and O–H groups in total. The Labute approximate surface area is 148 Å². The van der Waals surface area contributed by atoms with Crippen molar-refractivity contribution in [3.63, 3.8) is 0 Å². The first-order valence-corrected chi connectivity index (χ1v) is 8.35. The number of anilines is 1. The summed E-state index contributed by atoms with van der Waals surface area (Å²) in [7, 11) is 1.74. The lowest BCUT2D eigenvalue weighted by Crippen LogP contribution is -2.31. The molecule has 0 unspecified atom stereocenters. The van der Waals surface area contributed by atoms with Gasteiger partial charge in [0.05, 0.1) is 32.1 Å². The summed E-state index contributed by atoms with van der Waals surface area (Å²) >= 11 is 0. The number of carbonyl (C=O) groups excluding carboxylic acids is 1. The molecule has 2 rings (SSSR count). The second kappa shape index (κ2) is 10.4. The van der Waals surface area contributed by atoms with Gasteiger partial charge in [-0.15, -0.1) is 0 Å². The summed E-state index contributed by atoms with van der Waals surface area (Å²) in [6.07, 6.45) is 1.72. The molecule has 0 aliphatic carbocycles. The van der Waals surface area contributed by atoms with E-state index >= 15 is 0 Å². The third-order valence-corrected chi connectivity index (χ3v) is 3.50. The standard InChI is InChI=1S/C19H25N3O3/c1-3-24-11-12-25-15-16-7-6-9-17(13-16)21-19(23)22(2)14-18-8-4-5-10-20-18/h4-10,13H,3,11-12,14-15H2,1-2H3,(H,21,23). The van der Waals surface area contributed by atoms with Crippen LogP contribution in [0.25, 0.3) is 0 Å². The van der Waals surface area contributed by atoms with Crippen LogP contribution in [0.4, 0.5) is 10.5 Å². The van der Waals surface area contributed by atoms with Crippen LogP contribution in [0.5, 0.6) is 0 Å². The third-order valence-electron chi connectivity index (χ3n) is 3.50. The van der Waals surface area contributed by atoms with Gasteiger partial charge in [0.25, 0.3) is 0 Å². The minimum atomic E-state index is -0.180. The average molecular weight is 343 g/mol. The zero-order valence-corrected chi connectivity index (χ0v) is 14.8. The molecule has 0 atom stereocenters. The Balaban J connectivity index is 1.82. The van der Waals surface area contributed by atoms with Gasteiger partial charge in [-0.2, -0.15) is 0 Å². The van der Waals surface area contributed by atoms with Crippen LogP contribution in [0.1, 0.15) is 18.2 Å². The first-order valence-electron chi connectivity index (χ1n) is 8.35. The topological polar surface area (TPSA) is 63.7 Å². The van der Waals surface area contributed by atoms with E-state index < -0.39 is 0 Å². The van der Waals surface area contributed by atoms with Crippen LogP contribution < -0.4 is 5.32 Å². The molecule has 0 radical (unpaired) electrons. The second-order valence-electron chi connectivity index (χ2n) is 5.56. The Kier molecular flexibility index (Phi) is 7.88. The van der Waals surface area contributed by atoms with E-state index in [0.29, 0.717) is 33.0 Å². The number of nitrogens with zero attached hydrogens (tertiary/aromatic N) is 2. The number of ether oxygens (including phenoxy) is 2. The SMILES string of the molecule is CCOCCOCc1cccc(NC(=O)N(C)Cc2ccccn2)c1. The highest BCUT2D eigenvalue weighted by Crippen LogP contribution is 2.13. The fourth-order valence-corrected chi connectivity index (χ4v) is 2.22. The number of carbonyl (C=O) groups is 1. The van der Waals surface area contributed by atoms with Gasteiger partial charge in [-0.05, 0) is 36.8 Å². The van der Waals surface area contributed by atoms with Crippen molar-refractivity contribution in [1.29, 1.82) is 0 Å². The second-order valence-corrected chi connectivity index (χ2v) is 5.56. The molecule has 6 nitrogen and oxygen atoms in total. The Bertz CT molecular complexity index is 649. The van der Waals surface area contributed by atoms with Crippen LogP contribution in [0.2, 0.25) is 0 Å². The Morgan fingerprint density at radius 1 is 1.16 bits per heavy atom. The smallest absolute Gasteiger partial charge is 0.321 e. The minimum Gasteiger partial charge on any atom is -0.379 e.